The lowest BCUT2D eigenvalue weighted by Crippen LogP contribution is -2.39. The lowest BCUT2D eigenvalue weighted by atomic mass is 9.69. The number of alkyl halides is 3. The van der Waals surface area contributed by atoms with Crippen molar-refractivity contribution in [1.29, 1.82) is 0 Å². The van der Waals surface area contributed by atoms with E-state index in [2.05, 4.69) is 0 Å². The molecule has 1 aromatic carbocycles. The monoisotopic (exact) mass is 286 g/mol. The van der Waals surface area contributed by atoms with Crippen molar-refractivity contribution in [1.82, 2.24) is 0 Å². The summed E-state index contributed by atoms with van der Waals surface area (Å²) in [4.78, 5) is 22.8. The summed E-state index contributed by atoms with van der Waals surface area (Å²) in [5, 5.41) is 9.42. The summed E-state index contributed by atoms with van der Waals surface area (Å²) in [5.41, 5.74) is -1.74. The van der Waals surface area contributed by atoms with Crippen LogP contribution < -0.4 is 0 Å². The van der Waals surface area contributed by atoms with Crippen LogP contribution in [0.1, 0.15) is 36.8 Å². The number of hydrogen-bond donors (Lipinski definition) is 1. The van der Waals surface area contributed by atoms with E-state index in [-0.39, 0.29) is 31.5 Å². The van der Waals surface area contributed by atoms with Crippen LogP contribution in [-0.2, 0) is 21.2 Å². The zero-order chi connectivity index (χ0) is 15.0. The first-order chi connectivity index (χ1) is 9.25. The van der Waals surface area contributed by atoms with Crippen LogP contribution in [-0.4, -0.2) is 16.9 Å². The van der Waals surface area contributed by atoms with Crippen molar-refractivity contribution in [2.24, 2.45) is 0 Å². The largest absolute Gasteiger partial charge is 0.481 e. The van der Waals surface area contributed by atoms with Gasteiger partial charge in [-0.15, -0.1) is 0 Å². The minimum Gasteiger partial charge on any atom is -0.481 e. The van der Waals surface area contributed by atoms with E-state index in [0.29, 0.717) is 5.56 Å². The molecule has 3 nitrogen and oxygen atoms in total. The SMILES string of the molecule is O=C1CCC(C(=O)O)(c2ccc(C(F)(F)F)cc2)CC1. The number of hydrogen-bond acceptors (Lipinski definition) is 2. The molecule has 1 fully saturated rings. The fourth-order valence-corrected chi connectivity index (χ4v) is 2.56. The van der Waals surface area contributed by atoms with E-state index in [1.165, 1.54) is 12.1 Å². The van der Waals surface area contributed by atoms with Gasteiger partial charge >= 0.3 is 12.1 Å². The van der Waals surface area contributed by atoms with Crippen molar-refractivity contribution in [3.8, 4) is 0 Å². The van der Waals surface area contributed by atoms with Crippen LogP contribution in [0.3, 0.4) is 0 Å². The number of carboxylic acids is 1. The molecule has 2 rings (SSSR count). The second kappa shape index (κ2) is 4.92. The molecule has 0 aliphatic heterocycles. The second-order valence-electron chi connectivity index (χ2n) is 5.00. The molecular formula is C14H13F3O3. The fourth-order valence-electron chi connectivity index (χ4n) is 2.56. The van der Waals surface area contributed by atoms with Crippen LogP contribution >= 0.6 is 0 Å². The summed E-state index contributed by atoms with van der Waals surface area (Å²) in [6, 6.07) is 4.17. The molecule has 0 bridgehead atoms. The molecule has 0 saturated heterocycles. The molecule has 0 aromatic heterocycles. The quantitative estimate of drug-likeness (QED) is 0.908. The van der Waals surface area contributed by atoms with Gasteiger partial charge in [0, 0.05) is 12.8 Å². The highest BCUT2D eigenvalue weighted by molar-refractivity contribution is 5.87. The first kappa shape index (κ1) is 14.6. The van der Waals surface area contributed by atoms with E-state index in [4.69, 9.17) is 0 Å². The van der Waals surface area contributed by atoms with E-state index in [1.807, 2.05) is 0 Å². The van der Waals surface area contributed by atoms with Crippen LogP contribution in [0, 0.1) is 0 Å². The van der Waals surface area contributed by atoms with E-state index in [0.717, 1.165) is 12.1 Å². The van der Waals surface area contributed by atoms with Crippen molar-refractivity contribution in [2.75, 3.05) is 0 Å². The van der Waals surface area contributed by atoms with Crippen LogP contribution in [0.25, 0.3) is 0 Å². The minimum absolute atomic E-state index is 0.00575. The fraction of sp³-hybridized carbons (Fsp3) is 0.429. The maximum atomic E-state index is 12.5. The highest BCUT2D eigenvalue weighted by Crippen LogP contribution is 2.39. The summed E-state index contributed by atoms with van der Waals surface area (Å²) < 4.78 is 37.5. The molecule has 0 radical (unpaired) electrons. The average Bonchev–Trinajstić information content (AvgIpc) is 2.39. The standard InChI is InChI=1S/C14H13F3O3/c15-14(16,17)10-3-1-9(2-4-10)13(12(19)20)7-5-11(18)6-8-13/h1-4H,5-8H2,(H,19,20). The van der Waals surface area contributed by atoms with Crippen LogP contribution in [0.15, 0.2) is 24.3 Å². The molecule has 1 aliphatic carbocycles. The van der Waals surface area contributed by atoms with Gasteiger partial charge in [0.2, 0.25) is 0 Å². The second-order valence-corrected chi connectivity index (χ2v) is 5.00. The Morgan fingerprint density at radius 3 is 2.00 bits per heavy atom. The number of halogens is 3. The summed E-state index contributed by atoms with van der Waals surface area (Å²) in [6.07, 6.45) is -3.89. The highest BCUT2D eigenvalue weighted by Gasteiger charge is 2.43. The van der Waals surface area contributed by atoms with Crippen LogP contribution in [0.5, 0.6) is 0 Å². The lowest BCUT2D eigenvalue weighted by Gasteiger charge is -2.33. The molecule has 0 spiro atoms. The Morgan fingerprint density at radius 1 is 1.10 bits per heavy atom. The molecule has 6 heteroatoms. The van der Waals surface area contributed by atoms with Crippen molar-refractivity contribution in [3.05, 3.63) is 35.4 Å². The Hall–Kier alpha value is -1.85. The van der Waals surface area contributed by atoms with Gasteiger partial charge in [0.25, 0.3) is 0 Å². The van der Waals surface area contributed by atoms with Gasteiger partial charge in [-0.3, -0.25) is 9.59 Å². The summed E-state index contributed by atoms with van der Waals surface area (Å²) >= 11 is 0. The van der Waals surface area contributed by atoms with Gasteiger partial charge in [0.05, 0.1) is 11.0 Å². The van der Waals surface area contributed by atoms with E-state index in [9.17, 15) is 27.9 Å². The summed E-state index contributed by atoms with van der Waals surface area (Å²) in [6.45, 7) is 0. The third-order valence-corrected chi connectivity index (χ3v) is 3.84. The molecule has 1 N–H and O–H groups in total. The number of carbonyl (C=O) groups is 2. The van der Waals surface area contributed by atoms with Gasteiger partial charge < -0.3 is 5.11 Å². The molecule has 108 valence electrons. The Labute approximate surface area is 113 Å². The van der Waals surface area contributed by atoms with E-state index < -0.39 is 23.1 Å². The molecule has 20 heavy (non-hydrogen) atoms. The molecule has 0 heterocycles. The molecule has 0 unspecified atom stereocenters. The number of benzene rings is 1. The minimum atomic E-state index is -4.45. The Balaban J connectivity index is 2.36. The predicted octanol–water partition coefficient (Wildman–Crippen LogP) is 3.17. The number of carbonyl (C=O) groups excluding carboxylic acids is 1. The van der Waals surface area contributed by atoms with Gasteiger partial charge in [-0.2, -0.15) is 13.2 Å². The van der Waals surface area contributed by atoms with Gasteiger partial charge in [-0.1, -0.05) is 12.1 Å². The maximum Gasteiger partial charge on any atom is 0.416 e. The van der Waals surface area contributed by atoms with E-state index >= 15 is 0 Å². The van der Waals surface area contributed by atoms with Crippen LogP contribution in [0.4, 0.5) is 13.2 Å². The number of rotatable bonds is 2. The molecule has 1 aliphatic rings. The smallest absolute Gasteiger partial charge is 0.416 e. The zero-order valence-corrected chi connectivity index (χ0v) is 10.5. The van der Waals surface area contributed by atoms with Crippen molar-refractivity contribution < 1.29 is 27.9 Å². The number of carboxylic acid groups (broad SMARTS) is 1. The maximum absolute atomic E-state index is 12.5. The Morgan fingerprint density at radius 2 is 1.60 bits per heavy atom. The number of ketones is 1. The van der Waals surface area contributed by atoms with Crippen molar-refractivity contribution in [3.63, 3.8) is 0 Å². The molecular weight excluding hydrogens is 273 g/mol. The molecule has 0 amide bonds. The third kappa shape index (κ3) is 2.55. The lowest BCUT2D eigenvalue weighted by molar-refractivity contribution is -0.146. The molecule has 1 saturated carbocycles. The summed E-state index contributed by atoms with van der Waals surface area (Å²) in [5.74, 6) is -1.10. The first-order valence-electron chi connectivity index (χ1n) is 6.18. The molecule has 0 atom stereocenters. The van der Waals surface area contributed by atoms with E-state index in [1.54, 1.807) is 0 Å². The Kier molecular flexibility index (Phi) is 3.58. The highest BCUT2D eigenvalue weighted by atomic mass is 19.4. The third-order valence-electron chi connectivity index (χ3n) is 3.84. The van der Waals surface area contributed by atoms with Crippen molar-refractivity contribution in [2.45, 2.75) is 37.3 Å². The van der Waals surface area contributed by atoms with Gasteiger partial charge in [0.1, 0.15) is 5.78 Å². The van der Waals surface area contributed by atoms with Gasteiger partial charge in [-0.05, 0) is 30.5 Å². The predicted molar refractivity (Wildman–Crippen MR) is 64.2 cm³/mol. The van der Waals surface area contributed by atoms with Crippen LogP contribution in [0.2, 0.25) is 0 Å². The average molecular weight is 286 g/mol. The topological polar surface area (TPSA) is 54.4 Å². The van der Waals surface area contributed by atoms with Gasteiger partial charge in [-0.25, -0.2) is 0 Å². The number of aliphatic carboxylic acids is 1. The molecule has 1 aromatic rings. The van der Waals surface area contributed by atoms with Gasteiger partial charge in [0.15, 0.2) is 0 Å². The van der Waals surface area contributed by atoms with Crippen molar-refractivity contribution >= 4 is 11.8 Å². The first-order valence-corrected chi connectivity index (χ1v) is 6.18. The number of Topliss-reactive ketones (excluding diaryl/α,β-unsaturated/α-hetero) is 1. The normalized spacial score (nSPS) is 18.9. The zero-order valence-electron chi connectivity index (χ0n) is 10.5. The summed E-state index contributed by atoms with van der Waals surface area (Å²) in [7, 11) is 0. The Bertz CT molecular complexity index is 522.